The van der Waals surface area contributed by atoms with Gasteiger partial charge < -0.3 is 9.64 Å². The first-order valence-corrected chi connectivity index (χ1v) is 14.0. The van der Waals surface area contributed by atoms with Crippen molar-refractivity contribution in [3.63, 3.8) is 0 Å². The number of piperidine rings is 1. The highest BCUT2D eigenvalue weighted by Crippen LogP contribution is 2.40. The van der Waals surface area contributed by atoms with Crippen LogP contribution in [0.3, 0.4) is 0 Å². The Hall–Kier alpha value is -2.29. The summed E-state index contributed by atoms with van der Waals surface area (Å²) in [6.45, 7) is 0.801. The molecular formula is C26H25Cl3N2O4S. The predicted octanol–water partition coefficient (Wildman–Crippen LogP) is 6.37. The number of hydrogen-bond donors (Lipinski definition) is 1. The number of methoxy groups -OCH3 is 1. The van der Waals surface area contributed by atoms with Crippen LogP contribution in [0.25, 0.3) is 0 Å². The molecule has 0 saturated carbocycles. The molecule has 2 unspecified atom stereocenters. The third-order valence-electron chi connectivity index (χ3n) is 6.30. The molecule has 190 valence electrons. The van der Waals surface area contributed by atoms with Crippen LogP contribution in [-0.2, 0) is 14.8 Å². The van der Waals surface area contributed by atoms with E-state index in [1.807, 2.05) is 36.4 Å². The predicted molar refractivity (Wildman–Crippen MR) is 144 cm³/mol. The summed E-state index contributed by atoms with van der Waals surface area (Å²) in [6, 6.07) is 19.0. The number of anilines is 1. The molecule has 1 aliphatic rings. The summed E-state index contributed by atoms with van der Waals surface area (Å²) in [5.41, 5.74) is 1.91. The third-order valence-corrected chi connectivity index (χ3v) is 8.60. The lowest BCUT2D eigenvalue weighted by Crippen LogP contribution is -2.43. The van der Waals surface area contributed by atoms with E-state index in [0.717, 1.165) is 24.1 Å². The van der Waals surface area contributed by atoms with Crippen molar-refractivity contribution in [1.29, 1.82) is 0 Å². The van der Waals surface area contributed by atoms with Crippen LogP contribution in [0.2, 0.25) is 15.1 Å². The van der Waals surface area contributed by atoms with Crippen molar-refractivity contribution in [2.75, 3.05) is 25.1 Å². The molecule has 3 aromatic carbocycles. The topological polar surface area (TPSA) is 75.7 Å². The van der Waals surface area contributed by atoms with Gasteiger partial charge in [-0.2, -0.15) is 0 Å². The maximum Gasteiger partial charge on any atom is 0.339 e. The fraction of sp³-hybridized carbons (Fsp3) is 0.269. The molecule has 0 bridgehead atoms. The number of ether oxygens (including phenoxy) is 1. The average Bonchev–Trinajstić information content (AvgIpc) is 2.87. The van der Waals surface area contributed by atoms with Gasteiger partial charge in [0.15, 0.2) is 0 Å². The Kier molecular flexibility index (Phi) is 8.48. The van der Waals surface area contributed by atoms with Crippen LogP contribution in [-0.4, -0.2) is 34.6 Å². The van der Waals surface area contributed by atoms with Crippen molar-refractivity contribution in [2.24, 2.45) is 5.92 Å². The van der Waals surface area contributed by atoms with E-state index in [2.05, 4.69) is 9.62 Å². The lowest BCUT2D eigenvalue weighted by atomic mass is 9.88. The van der Waals surface area contributed by atoms with Gasteiger partial charge >= 0.3 is 5.97 Å². The Bertz CT molecular complexity index is 1350. The van der Waals surface area contributed by atoms with E-state index in [9.17, 15) is 13.2 Å². The average molecular weight is 568 g/mol. The van der Waals surface area contributed by atoms with E-state index >= 15 is 0 Å². The lowest BCUT2D eigenvalue weighted by Gasteiger charge is -2.42. The molecule has 1 heterocycles. The second-order valence-electron chi connectivity index (χ2n) is 8.59. The minimum Gasteiger partial charge on any atom is -0.465 e. The van der Waals surface area contributed by atoms with Gasteiger partial charge in [-0.25, -0.2) is 17.9 Å². The summed E-state index contributed by atoms with van der Waals surface area (Å²) in [6.07, 6.45) is 1.53. The second-order valence-corrected chi connectivity index (χ2v) is 11.6. The van der Waals surface area contributed by atoms with E-state index < -0.39 is 16.0 Å². The van der Waals surface area contributed by atoms with Gasteiger partial charge in [-0.1, -0.05) is 53.0 Å². The maximum atomic E-state index is 13.1. The molecular weight excluding hydrogens is 543 g/mol. The molecule has 1 aliphatic heterocycles. The monoisotopic (exact) mass is 566 g/mol. The van der Waals surface area contributed by atoms with E-state index in [-0.39, 0.29) is 29.0 Å². The lowest BCUT2D eigenvalue weighted by molar-refractivity contribution is 0.0596. The number of hydrogen-bond acceptors (Lipinski definition) is 5. The zero-order valence-electron chi connectivity index (χ0n) is 19.5. The molecule has 2 atom stereocenters. The summed E-state index contributed by atoms with van der Waals surface area (Å²) in [7, 11) is -2.71. The molecule has 1 N–H and O–H groups in total. The number of sulfonamides is 1. The summed E-state index contributed by atoms with van der Waals surface area (Å²) in [5.74, 6) is -0.687. The largest absolute Gasteiger partial charge is 0.465 e. The van der Waals surface area contributed by atoms with Gasteiger partial charge in [0, 0.05) is 33.8 Å². The van der Waals surface area contributed by atoms with Gasteiger partial charge in [0.1, 0.15) is 0 Å². The zero-order valence-corrected chi connectivity index (χ0v) is 22.5. The normalized spacial score (nSPS) is 18.2. The van der Waals surface area contributed by atoms with E-state index in [1.54, 1.807) is 18.2 Å². The molecule has 0 amide bonds. The van der Waals surface area contributed by atoms with Crippen LogP contribution in [0.5, 0.6) is 0 Å². The third kappa shape index (κ3) is 5.98. The number of halogens is 3. The van der Waals surface area contributed by atoms with Crippen molar-refractivity contribution >= 4 is 56.5 Å². The van der Waals surface area contributed by atoms with Gasteiger partial charge in [-0.05, 0) is 72.9 Å². The molecule has 4 rings (SSSR count). The number of nitrogens with zero attached hydrogens (tertiary/aromatic N) is 1. The van der Waals surface area contributed by atoms with Crippen LogP contribution in [0.1, 0.15) is 34.8 Å². The number of carbonyl (C=O) groups is 1. The quantitative estimate of drug-likeness (QED) is 0.336. The number of benzene rings is 3. The molecule has 1 saturated heterocycles. The van der Waals surface area contributed by atoms with Crippen molar-refractivity contribution in [2.45, 2.75) is 23.8 Å². The fourth-order valence-electron chi connectivity index (χ4n) is 4.51. The molecule has 3 aromatic rings. The van der Waals surface area contributed by atoms with Gasteiger partial charge in [-0.15, -0.1) is 0 Å². The molecule has 10 heteroatoms. The minimum atomic E-state index is -3.93. The Morgan fingerprint density at radius 1 is 1.00 bits per heavy atom. The smallest absolute Gasteiger partial charge is 0.339 e. The van der Waals surface area contributed by atoms with Crippen LogP contribution >= 0.6 is 34.8 Å². The van der Waals surface area contributed by atoms with E-state index in [4.69, 9.17) is 39.5 Å². The summed E-state index contributed by atoms with van der Waals surface area (Å²) in [5, 5.41) is 1.78. The van der Waals surface area contributed by atoms with E-state index in [1.165, 1.54) is 19.2 Å². The molecule has 0 radical (unpaired) electrons. The fourth-order valence-corrected chi connectivity index (χ4v) is 6.48. The first-order chi connectivity index (χ1) is 17.2. The SMILES string of the molecule is COC(=O)c1ccccc1S(=O)(=O)NCC1CCC(c2ccc(Cl)cc2Cl)N(c2ccc(Cl)cc2)C1. The Morgan fingerprint density at radius 2 is 1.69 bits per heavy atom. The highest BCUT2D eigenvalue weighted by molar-refractivity contribution is 7.89. The Balaban J connectivity index is 1.56. The highest BCUT2D eigenvalue weighted by Gasteiger charge is 2.32. The van der Waals surface area contributed by atoms with Gasteiger partial charge in [0.25, 0.3) is 0 Å². The zero-order chi connectivity index (χ0) is 25.9. The molecule has 0 aliphatic carbocycles. The minimum absolute atomic E-state index is 0.00335. The first-order valence-electron chi connectivity index (χ1n) is 11.3. The van der Waals surface area contributed by atoms with Gasteiger partial charge in [-0.3, -0.25) is 0 Å². The highest BCUT2D eigenvalue weighted by atomic mass is 35.5. The van der Waals surface area contributed by atoms with Gasteiger partial charge in [0.05, 0.1) is 23.6 Å². The molecule has 0 aromatic heterocycles. The van der Waals surface area contributed by atoms with Crippen LogP contribution in [0.4, 0.5) is 5.69 Å². The summed E-state index contributed by atoms with van der Waals surface area (Å²) < 4.78 is 33.6. The Labute approximate surface area is 226 Å². The van der Waals surface area contributed by atoms with Crippen molar-refractivity contribution in [1.82, 2.24) is 4.72 Å². The molecule has 6 nitrogen and oxygen atoms in total. The molecule has 1 fully saturated rings. The number of nitrogens with one attached hydrogen (secondary N) is 1. The second kappa shape index (κ2) is 11.4. The van der Waals surface area contributed by atoms with E-state index in [0.29, 0.717) is 21.6 Å². The van der Waals surface area contributed by atoms with Crippen LogP contribution < -0.4 is 9.62 Å². The first kappa shape index (κ1) is 26.8. The standard InChI is InChI=1S/C26H25Cl3N2O4S/c1-35-26(32)22-4-2-3-5-25(22)36(33,34)30-15-17-6-13-24(21-12-9-19(28)14-23(21)29)31(16-17)20-10-7-18(27)8-11-20/h2-5,7-12,14,17,24,30H,6,13,15-16H2,1H3. The van der Waals surface area contributed by atoms with Crippen LogP contribution in [0, 0.1) is 5.92 Å². The summed E-state index contributed by atoms with van der Waals surface area (Å²) in [4.78, 5) is 14.2. The summed E-state index contributed by atoms with van der Waals surface area (Å²) >= 11 is 18.8. The van der Waals surface area contributed by atoms with Crippen molar-refractivity contribution < 1.29 is 17.9 Å². The van der Waals surface area contributed by atoms with Crippen molar-refractivity contribution in [3.05, 3.63) is 92.9 Å². The number of esters is 1. The molecule has 36 heavy (non-hydrogen) atoms. The van der Waals surface area contributed by atoms with Crippen molar-refractivity contribution in [3.8, 4) is 0 Å². The number of rotatable bonds is 7. The van der Waals surface area contributed by atoms with Gasteiger partial charge in [0.2, 0.25) is 10.0 Å². The maximum absolute atomic E-state index is 13.1. The Morgan fingerprint density at radius 3 is 2.39 bits per heavy atom. The molecule has 0 spiro atoms. The number of carbonyl (C=O) groups excluding carboxylic acids is 1. The van der Waals surface area contributed by atoms with Crippen LogP contribution in [0.15, 0.2) is 71.6 Å².